The van der Waals surface area contributed by atoms with Gasteiger partial charge in [0, 0.05) is 44.7 Å². The number of fused-ring (bicyclic) bond motifs is 2. The molecule has 2 unspecified atom stereocenters. The van der Waals surface area contributed by atoms with Gasteiger partial charge >= 0.3 is 0 Å². The molecule has 0 saturated carbocycles. The highest BCUT2D eigenvalue weighted by Gasteiger charge is 2.35. The molecule has 3 aliphatic rings. The number of hydrogen-bond donors (Lipinski definition) is 1. The van der Waals surface area contributed by atoms with E-state index >= 15 is 0 Å². The summed E-state index contributed by atoms with van der Waals surface area (Å²) in [5.74, 6) is 0.849. The molecule has 3 heterocycles. The van der Waals surface area contributed by atoms with Crippen molar-refractivity contribution in [1.82, 2.24) is 14.5 Å². The number of piperazine rings is 1. The molecule has 3 rings (SSSR count). The fourth-order valence-electron chi connectivity index (χ4n) is 4.12. The van der Waals surface area contributed by atoms with Crippen molar-refractivity contribution >= 4 is 15.9 Å². The van der Waals surface area contributed by atoms with Gasteiger partial charge in [-0.3, -0.25) is 4.79 Å². The maximum atomic E-state index is 12.5. The van der Waals surface area contributed by atoms with Gasteiger partial charge in [-0.05, 0) is 38.5 Å². The van der Waals surface area contributed by atoms with E-state index in [2.05, 4.69) is 5.32 Å². The van der Waals surface area contributed by atoms with Crippen LogP contribution in [0.4, 0.5) is 0 Å². The van der Waals surface area contributed by atoms with E-state index in [0.29, 0.717) is 50.6 Å². The number of sulfonamides is 1. The summed E-state index contributed by atoms with van der Waals surface area (Å²) in [6, 6.07) is 1.23. The standard InChI is InChI=1S/C15H27N3O3S/c1-2-22(20,21)18-7-5-17(6-8-18)15(19)11-12-9-13-3-4-14(10-12)16-13/h12-14,16H,2-11H2,1H3. The van der Waals surface area contributed by atoms with Crippen LogP contribution in [-0.4, -0.2) is 67.5 Å². The molecule has 126 valence electrons. The Labute approximate surface area is 133 Å². The zero-order valence-electron chi connectivity index (χ0n) is 13.3. The lowest BCUT2D eigenvalue weighted by Gasteiger charge is -2.35. The molecule has 0 aromatic heterocycles. The van der Waals surface area contributed by atoms with Crippen LogP contribution in [0.1, 0.15) is 39.0 Å². The molecule has 0 aromatic rings. The SMILES string of the molecule is CCS(=O)(=O)N1CCN(C(=O)CC2CC3CCC(C2)N3)CC1. The van der Waals surface area contributed by atoms with Crippen LogP contribution in [0, 0.1) is 5.92 Å². The predicted octanol–water partition coefficient (Wildman–Crippen LogP) is 0.401. The van der Waals surface area contributed by atoms with Gasteiger partial charge in [0.1, 0.15) is 0 Å². The fraction of sp³-hybridized carbons (Fsp3) is 0.933. The summed E-state index contributed by atoms with van der Waals surface area (Å²) < 4.78 is 25.2. The Morgan fingerprint density at radius 1 is 1.09 bits per heavy atom. The van der Waals surface area contributed by atoms with Crippen molar-refractivity contribution in [2.24, 2.45) is 5.92 Å². The zero-order valence-corrected chi connectivity index (χ0v) is 14.1. The summed E-state index contributed by atoms with van der Waals surface area (Å²) in [7, 11) is -3.12. The van der Waals surface area contributed by atoms with Gasteiger partial charge in [0.15, 0.2) is 0 Å². The minimum atomic E-state index is -3.12. The first kappa shape index (κ1) is 16.2. The summed E-state index contributed by atoms with van der Waals surface area (Å²) in [5, 5.41) is 3.60. The third-order valence-electron chi connectivity index (χ3n) is 5.38. The molecule has 0 spiro atoms. The summed E-state index contributed by atoms with van der Waals surface area (Å²) in [4.78, 5) is 14.3. The van der Waals surface area contributed by atoms with Crippen molar-refractivity contribution in [3.8, 4) is 0 Å². The summed E-state index contributed by atoms with van der Waals surface area (Å²) >= 11 is 0. The third-order valence-corrected chi connectivity index (χ3v) is 7.27. The molecule has 2 atom stereocenters. The van der Waals surface area contributed by atoms with Crippen LogP contribution in [0.3, 0.4) is 0 Å². The van der Waals surface area contributed by atoms with E-state index in [1.54, 1.807) is 6.92 Å². The zero-order chi connectivity index (χ0) is 15.7. The van der Waals surface area contributed by atoms with Crippen molar-refractivity contribution in [1.29, 1.82) is 0 Å². The van der Waals surface area contributed by atoms with Gasteiger partial charge in [-0.25, -0.2) is 8.42 Å². The molecule has 3 saturated heterocycles. The van der Waals surface area contributed by atoms with Crippen LogP contribution in [-0.2, 0) is 14.8 Å². The molecule has 1 N–H and O–H groups in total. The summed E-state index contributed by atoms with van der Waals surface area (Å²) in [5.41, 5.74) is 0. The Morgan fingerprint density at radius 3 is 2.23 bits per heavy atom. The Balaban J connectivity index is 1.48. The van der Waals surface area contributed by atoms with Crippen LogP contribution < -0.4 is 5.32 Å². The number of nitrogens with zero attached hydrogens (tertiary/aromatic N) is 2. The molecule has 2 bridgehead atoms. The number of hydrogen-bond acceptors (Lipinski definition) is 4. The van der Waals surface area contributed by atoms with E-state index in [9.17, 15) is 13.2 Å². The molecular formula is C15H27N3O3S. The van der Waals surface area contributed by atoms with E-state index in [4.69, 9.17) is 0 Å². The Bertz CT molecular complexity index is 502. The maximum Gasteiger partial charge on any atom is 0.222 e. The van der Waals surface area contributed by atoms with E-state index in [1.165, 1.54) is 17.1 Å². The van der Waals surface area contributed by atoms with Crippen LogP contribution >= 0.6 is 0 Å². The molecule has 3 aliphatic heterocycles. The molecule has 0 radical (unpaired) electrons. The minimum Gasteiger partial charge on any atom is -0.340 e. The Kier molecular flexibility index (Phi) is 4.75. The molecule has 0 aromatic carbocycles. The maximum absolute atomic E-state index is 12.5. The van der Waals surface area contributed by atoms with Crippen molar-refractivity contribution in [2.75, 3.05) is 31.9 Å². The minimum absolute atomic E-state index is 0.138. The summed E-state index contributed by atoms with van der Waals surface area (Å²) in [6.07, 6.45) is 5.37. The second kappa shape index (κ2) is 6.45. The number of carbonyl (C=O) groups excluding carboxylic acids is 1. The van der Waals surface area contributed by atoms with Gasteiger partial charge in [0.05, 0.1) is 5.75 Å². The molecule has 3 fully saturated rings. The fourth-order valence-corrected chi connectivity index (χ4v) is 5.20. The normalized spacial score (nSPS) is 33.1. The van der Waals surface area contributed by atoms with Gasteiger partial charge in [0.2, 0.25) is 15.9 Å². The van der Waals surface area contributed by atoms with Crippen LogP contribution in [0.5, 0.6) is 0 Å². The van der Waals surface area contributed by atoms with E-state index in [-0.39, 0.29) is 11.7 Å². The lowest BCUT2D eigenvalue weighted by molar-refractivity contribution is -0.133. The topological polar surface area (TPSA) is 69.7 Å². The Morgan fingerprint density at radius 2 is 1.68 bits per heavy atom. The number of carbonyl (C=O) groups is 1. The first-order chi connectivity index (χ1) is 10.5. The first-order valence-corrected chi connectivity index (χ1v) is 10.1. The molecule has 22 heavy (non-hydrogen) atoms. The van der Waals surface area contributed by atoms with Gasteiger partial charge in [0.25, 0.3) is 0 Å². The van der Waals surface area contributed by atoms with E-state index < -0.39 is 10.0 Å². The smallest absolute Gasteiger partial charge is 0.222 e. The average Bonchev–Trinajstić information content (AvgIpc) is 2.86. The monoisotopic (exact) mass is 329 g/mol. The summed E-state index contributed by atoms with van der Waals surface area (Å²) in [6.45, 7) is 3.63. The predicted molar refractivity (Wildman–Crippen MR) is 84.9 cm³/mol. The number of amides is 1. The van der Waals surface area contributed by atoms with E-state index in [1.807, 2.05) is 4.90 Å². The lowest BCUT2D eigenvalue weighted by Crippen LogP contribution is -2.51. The highest BCUT2D eigenvalue weighted by Crippen LogP contribution is 2.33. The van der Waals surface area contributed by atoms with Crippen LogP contribution in [0.25, 0.3) is 0 Å². The molecule has 1 amide bonds. The van der Waals surface area contributed by atoms with Crippen molar-refractivity contribution < 1.29 is 13.2 Å². The lowest BCUT2D eigenvalue weighted by atomic mass is 9.89. The number of nitrogens with one attached hydrogen (secondary N) is 1. The second-order valence-corrected chi connectivity index (χ2v) is 9.12. The van der Waals surface area contributed by atoms with Crippen LogP contribution in [0.15, 0.2) is 0 Å². The Hall–Kier alpha value is -0.660. The number of piperidine rings is 1. The highest BCUT2D eigenvalue weighted by molar-refractivity contribution is 7.89. The van der Waals surface area contributed by atoms with Gasteiger partial charge in [-0.1, -0.05) is 0 Å². The van der Waals surface area contributed by atoms with E-state index in [0.717, 1.165) is 12.8 Å². The average molecular weight is 329 g/mol. The van der Waals surface area contributed by atoms with Crippen molar-refractivity contribution in [3.05, 3.63) is 0 Å². The molecule has 0 aliphatic carbocycles. The van der Waals surface area contributed by atoms with Gasteiger partial charge < -0.3 is 10.2 Å². The van der Waals surface area contributed by atoms with Gasteiger partial charge in [-0.15, -0.1) is 0 Å². The van der Waals surface area contributed by atoms with Crippen LogP contribution in [0.2, 0.25) is 0 Å². The third kappa shape index (κ3) is 3.46. The highest BCUT2D eigenvalue weighted by atomic mass is 32.2. The largest absolute Gasteiger partial charge is 0.340 e. The molecule has 7 heteroatoms. The number of rotatable bonds is 4. The molecule has 6 nitrogen and oxygen atoms in total. The van der Waals surface area contributed by atoms with Gasteiger partial charge in [-0.2, -0.15) is 4.31 Å². The molecular weight excluding hydrogens is 302 g/mol. The van der Waals surface area contributed by atoms with Crippen molar-refractivity contribution in [3.63, 3.8) is 0 Å². The quantitative estimate of drug-likeness (QED) is 0.811. The van der Waals surface area contributed by atoms with Crippen molar-refractivity contribution in [2.45, 2.75) is 51.1 Å². The second-order valence-electron chi connectivity index (χ2n) is 6.86. The first-order valence-electron chi connectivity index (χ1n) is 8.49.